The molecule has 1 fully saturated rings. The van der Waals surface area contributed by atoms with Crippen LogP contribution in [0.3, 0.4) is 0 Å². The molecule has 5 rings (SSSR count). The molecule has 2 aromatic heterocycles. The summed E-state index contributed by atoms with van der Waals surface area (Å²) in [6.07, 6.45) is 5.84. The van der Waals surface area contributed by atoms with Gasteiger partial charge in [0.1, 0.15) is 6.07 Å². The van der Waals surface area contributed by atoms with Gasteiger partial charge in [0.15, 0.2) is 0 Å². The van der Waals surface area contributed by atoms with Crippen LogP contribution in [0.5, 0.6) is 0 Å². The summed E-state index contributed by atoms with van der Waals surface area (Å²) in [7, 11) is 0. The molecule has 0 saturated carbocycles. The summed E-state index contributed by atoms with van der Waals surface area (Å²) in [4.78, 5) is 23.2. The molecule has 2 N–H and O–H groups in total. The molecule has 178 valence electrons. The number of urea groups is 1. The number of carbonyl (C=O) groups is 1. The lowest BCUT2D eigenvalue weighted by molar-refractivity contribution is 0.247. The maximum absolute atomic E-state index is 12.3. The highest BCUT2D eigenvalue weighted by molar-refractivity contribution is 5.89. The fourth-order valence-electron chi connectivity index (χ4n) is 4.50. The van der Waals surface area contributed by atoms with Gasteiger partial charge >= 0.3 is 6.03 Å². The van der Waals surface area contributed by atoms with Crippen LogP contribution in [0.25, 0.3) is 22.4 Å². The lowest BCUT2D eigenvalue weighted by Gasteiger charge is -2.17. The van der Waals surface area contributed by atoms with E-state index >= 15 is 0 Å². The number of aromatic nitrogens is 2. The molecule has 4 aromatic rings. The van der Waals surface area contributed by atoms with E-state index in [1.54, 1.807) is 30.7 Å². The van der Waals surface area contributed by atoms with Gasteiger partial charge in [0.2, 0.25) is 0 Å². The number of amides is 2. The first-order valence-corrected chi connectivity index (χ1v) is 11.9. The number of pyridine rings is 2. The zero-order valence-corrected chi connectivity index (χ0v) is 19.8. The number of benzene rings is 2. The van der Waals surface area contributed by atoms with Crippen LogP contribution in [0.4, 0.5) is 10.5 Å². The number of nitriles is 1. The van der Waals surface area contributed by atoms with Crippen LogP contribution in [0, 0.1) is 11.3 Å². The first-order valence-electron chi connectivity index (χ1n) is 11.9. The van der Waals surface area contributed by atoms with Crippen molar-refractivity contribution in [3.8, 4) is 28.5 Å². The van der Waals surface area contributed by atoms with E-state index in [0.717, 1.165) is 54.1 Å². The predicted molar refractivity (Wildman–Crippen MR) is 140 cm³/mol. The molecule has 2 aromatic carbocycles. The molecule has 1 saturated heterocycles. The molecule has 1 aliphatic rings. The van der Waals surface area contributed by atoms with Crippen LogP contribution >= 0.6 is 0 Å². The maximum Gasteiger partial charge on any atom is 0.319 e. The molecule has 0 spiro atoms. The summed E-state index contributed by atoms with van der Waals surface area (Å²) in [5, 5.41) is 15.3. The number of carbonyl (C=O) groups excluding carboxylic acids is 1. The minimum Gasteiger partial charge on any atom is -0.334 e. The van der Waals surface area contributed by atoms with Crippen molar-refractivity contribution >= 4 is 11.7 Å². The van der Waals surface area contributed by atoms with Gasteiger partial charge in [-0.15, -0.1) is 0 Å². The molecule has 1 atom stereocenters. The second-order valence-electron chi connectivity index (χ2n) is 8.85. The summed E-state index contributed by atoms with van der Waals surface area (Å²) in [5.74, 6) is 0. The third-order valence-electron chi connectivity index (χ3n) is 6.28. The summed E-state index contributed by atoms with van der Waals surface area (Å²) in [5.41, 5.74) is 6.32. The Bertz CT molecular complexity index is 1370. The molecular formula is C29H26N6O. The van der Waals surface area contributed by atoms with Crippen LogP contribution in [0.1, 0.15) is 17.5 Å². The molecule has 36 heavy (non-hydrogen) atoms. The third kappa shape index (κ3) is 5.57. The van der Waals surface area contributed by atoms with E-state index in [4.69, 9.17) is 0 Å². The molecule has 2 amide bonds. The quantitative estimate of drug-likeness (QED) is 0.407. The minimum atomic E-state index is -0.193. The Morgan fingerprint density at radius 2 is 1.81 bits per heavy atom. The Balaban J connectivity index is 1.22. The van der Waals surface area contributed by atoms with Gasteiger partial charge in [-0.25, -0.2) is 4.79 Å². The Kier molecular flexibility index (Phi) is 6.97. The SMILES string of the molecule is N#Cc1cnc(-c2ccc(CN3CCC(NC(=O)Nc4ccncc4)C3)cc2)c(-c2ccccc2)c1. The highest BCUT2D eigenvalue weighted by Gasteiger charge is 2.24. The molecular weight excluding hydrogens is 448 g/mol. The summed E-state index contributed by atoms with van der Waals surface area (Å²) < 4.78 is 0. The highest BCUT2D eigenvalue weighted by Crippen LogP contribution is 2.31. The lowest BCUT2D eigenvalue weighted by atomic mass is 9.97. The average Bonchev–Trinajstić information content (AvgIpc) is 3.36. The van der Waals surface area contributed by atoms with Crippen LogP contribution in [0.2, 0.25) is 0 Å². The van der Waals surface area contributed by atoms with Gasteiger partial charge in [0, 0.05) is 61.1 Å². The Hall–Kier alpha value is -4.54. The molecule has 0 bridgehead atoms. The minimum absolute atomic E-state index is 0.113. The Morgan fingerprint density at radius 1 is 1.03 bits per heavy atom. The number of likely N-dealkylation sites (tertiary alicyclic amines) is 1. The number of anilines is 1. The highest BCUT2D eigenvalue weighted by atomic mass is 16.2. The number of hydrogen-bond donors (Lipinski definition) is 2. The first-order chi connectivity index (χ1) is 17.7. The fraction of sp³-hybridized carbons (Fsp3) is 0.172. The van der Waals surface area contributed by atoms with E-state index in [0.29, 0.717) is 5.56 Å². The van der Waals surface area contributed by atoms with E-state index < -0.39 is 0 Å². The number of nitrogens with one attached hydrogen (secondary N) is 2. The zero-order chi connectivity index (χ0) is 24.7. The molecule has 1 aliphatic heterocycles. The van der Waals surface area contributed by atoms with Gasteiger partial charge in [0.25, 0.3) is 0 Å². The van der Waals surface area contributed by atoms with Crippen molar-refractivity contribution in [2.24, 2.45) is 0 Å². The molecule has 1 unspecified atom stereocenters. The molecule has 3 heterocycles. The zero-order valence-electron chi connectivity index (χ0n) is 19.8. The predicted octanol–water partition coefficient (Wildman–Crippen LogP) is 5.08. The van der Waals surface area contributed by atoms with Gasteiger partial charge in [-0.3, -0.25) is 14.9 Å². The number of hydrogen-bond acceptors (Lipinski definition) is 5. The normalized spacial score (nSPS) is 15.2. The number of nitrogens with zero attached hydrogens (tertiary/aromatic N) is 4. The van der Waals surface area contributed by atoms with Crippen molar-refractivity contribution in [3.05, 3.63) is 103 Å². The Morgan fingerprint density at radius 3 is 2.56 bits per heavy atom. The van der Waals surface area contributed by atoms with Crippen molar-refractivity contribution in [1.82, 2.24) is 20.2 Å². The smallest absolute Gasteiger partial charge is 0.319 e. The van der Waals surface area contributed by atoms with E-state index in [9.17, 15) is 10.1 Å². The molecule has 7 nitrogen and oxygen atoms in total. The maximum atomic E-state index is 12.3. The van der Waals surface area contributed by atoms with Crippen molar-refractivity contribution in [1.29, 1.82) is 5.26 Å². The van der Waals surface area contributed by atoms with Crippen LogP contribution in [0.15, 0.2) is 91.4 Å². The van der Waals surface area contributed by atoms with Crippen molar-refractivity contribution < 1.29 is 4.79 Å². The van der Waals surface area contributed by atoms with Gasteiger partial charge in [-0.1, -0.05) is 54.6 Å². The second-order valence-corrected chi connectivity index (χ2v) is 8.85. The summed E-state index contributed by atoms with van der Waals surface area (Å²) in [6, 6.07) is 26.0. The van der Waals surface area contributed by atoms with Crippen LogP contribution in [-0.4, -0.2) is 40.0 Å². The fourth-order valence-corrected chi connectivity index (χ4v) is 4.50. The molecule has 0 aliphatic carbocycles. The van der Waals surface area contributed by atoms with Crippen LogP contribution < -0.4 is 10.6 Å². The Labute approximate surface area is 210 Å². The van der Waals surface area contributed by atoms with Crippen molar-refractivity contribution in [2.75, 3.05) is 18.4 Å². The second kappa shape index (κ2) is 10.8. The van der Waals surface area contributed by atoms with Crippen molar-refractivity contribution in [2.45, 2.75) is 19.0 Å². The van der Waals surface area contributed by atoms with Crippen LogP contribution in [-0.2, 0) is 6.54 Å². The molecule has 7 heteroatoms. The van der Waals surface area contributed by atoms with E-state index in [-0.39, 0.29) is 12.1 Å². The monoisotopic (exact) mass is 474 g/mol. The first kappa shape index (κ1) is 23.2. The summed E-state index contributed by atoms with van der Waals surface area (Å²) >= 11 is 0. The summed E-state index contributed by atoms with van der Waals surface area (Å²) in [6.45, 7) is 2.55. The van der Waals surface area contributed by atoms with Gasteiger partial charge in [-0.05, 0) is 35.7 Å². The largest absolute Gasteiger partial charge is 0.334 e. The van der Waals surface area contributed by atoms with Gasteiger partial charge in [-0.2, -0.15) is 5.26 Å². The van der Waals surface area contributed by atoms with Gasteiger partial charge < -0.3 is 10.6 Å². The average molecular weight is 475 g/mol. The van der Waals surface area contributed by atoms with E-state index in [2.05, 4.69) is 55.8 Å². The van der Waals surface area contributed by atoms with E-state index in [1.807, 2.05) is 36.4 Å². The standard InChI is InChI=1S/C29H26N6O/c30-17-22-16-27(23-4-2-1-3-5-23)28(32-18-22)24-8-6-21(7-9-24)19-35-15-12-26(20-35)34-29(36)33-25-10-13-31-14-11-25/h1-11,13-14,16,18,26H,12,15,19-20H2,(H2,31,33,34,36). The van der Waals surface area contributed by atoms with Crippen molar-refractivity contribution in [3.63, 3.8) is 0 Å². The molecule has 0 radical (unpaired) electrons. The topological polar surface area (TPSA) is 93.9 Å². The van der Waals surface area contributed by atoms with Gasteiger partial charge in [0.05, 0.1) is 11.3 Å². The third-order valence-corrected chi connectivity index (χ3v) is 6.28. The number of rotatable bonds is 6. The lowest BCUT2D eigenvalue weighted by Crippen LogP contribution is -2.39. The van der Waals surface area contributed by atoms with E-state index in [1.165, 1.54) is 5.56 Å².